The number of hydrogen-bond acceptors (Lipinski definition) is 4. The molecule has 2 heterocycles. The van der Waals surface area contributed by atoms with Crippen LogP contribution in [0.2, 0.25) is 0 Å². The normalized spacial score (nSPS) is 19.0. The molecule has 0 spiro atoms. The highest BCUT2D eigenvalue weighted by Crippen LogP contribution is 2.19. The van der Waals surface area contributed by atoms with Crippen LogP contribution in [0.25, 0.3) is 0 Å². The van der Waals surface area contributed by atoms with Gasteiger partial charge in [0.1, 0.15) is 0 Å². The fraction of sp³-hybridized carbons (Fsp3) is 0.778. The molecule has 0 bridgehead atoms. The maximum atomic E-state index is 4.91. The lowest BCUT2D eigenvalue weighted by molar-refractivity contribution is 0.143. The molecule has 1 fully saturated rings. The largest absolute Gasteiger partial charge is 0.357 e. The summed E-state index contributed by atoms with van der Waals surface area (Å²) in [5.74, 6) is 1.66. The Balaban J connectivity index is 0.00000312. The van der Waals surface area contributed by atoms with Gasteiger partial charge in [-0.3, -0.25) is 4.99 Å². The minimum Gasteiger partial charge on any atom is -0.357 e. The van der Waals surface area contributed by atoms with E-state index in [1.165, 1.54) is 25.9 Å². The van der Waals surface area contributed by atoms with Crippen LogP contribution in [0.3, 0.4) is 0 Å². The van der Waals surface area contributed by atoms with E-state index in [9.17, 15) is 0 Å². The number of rotatable bonds is 6. The van der Waals surface area contributed by atoms with Crippen molar-refractivity contribution in [3.05, 3.63) is 16.1 Å². The van der Waals surface area contributed by atoms with Crippen LogP contribution in [0.15, 0.2) is 10.4 Å². The molecule has 1 aromatic heterocycles. The first-order chi connectivity index (χ1) is 11.5. The number of thiazole rings is 1. The van der Waals surface area contributed by atoms with Crippen molar-refractivity contribution in [3.8, 4) is 0 Å². The summed E-state index contributed by atoms with van der Waals surface area (Å²) in [5, 5.41) is 6.68. The summed E-state index contributed by atoms with van der Waals surface area (Å²) >= 11 is 1.71. The van der Waals surface area contributed by atoms with E-state index in [4.69, 9.17) is 4.99 Å². The van der Waals surface area contributed by atoms with Crippen molar-refractivity contribution in [2.45, 2.75) is 53.1 Å². The predicted molar refractivity (Wildman–Crippen MR) is 119 cm³/mol. The second-order valence-electron chi connectivity index (χ2n) is 7.01. The van der Waals surface area contributed by atoms with Crippen molar-refractivity contribution < 1.29 is 0 Å². The van der Waals surface area contributed by atoms with Gasteiger partial charge in [-0.1, -0.05) is 0 Å². The standard InChI is InChI=1S/C18H33N5S.HI/c1-6-19-18(22(5)12-17-13-24-15(4)21-17)20-10-16-8-7-9-23(11-16)14(2)3;/h13-14,16H,6-12H2,1-5H3,(H,19,20);1H. The Morgan fingerprint density at radius 2 is 2.28 bits per heavy atom. The van der Waals surface area contributed by atoms with Crippen molar-refractivity contribution in [3.63, 3.8) is 0 Å². The molecule has 144 valence electrons. The van der Waals surface area contributed by atoms with E-state index in [0.29, 0.717) is 12.0 Å². The Labute approximate surface area is 174 Å². The average molecular weight is 479 g/mol. The molecule has 0 aliphatic carbocycles. The average Bonchev–Trinajstić information content (AvgIpc) is 2.96. The maximum Gasteiger partial charge on any atom is 0.194 e. The smallest absolute Gasteiger partial charge is 0.194 e. The third kappa shape index (κ3) is 7.38. The van der Waals surface area contributed by atoms with E-state index >= 15 is 0 Å². The third-order valence-electron chi connectivity index (χ3n) is 4.54. The van der Waals surface area contributed by atoms with Crippen LogP contribution in [-0.4, -0.2) is 60.0 Å². The van der Waals surface area contributed by atoms with Crippen LogP contribution in [0, 0.1) is 12.8 Å². The molecule has 2 rings (SSSR count). The minimum absolute atomic E-state index is 0. The van der Waals surface area contributed by atoms with Crippen molar-refractivity contribution in [2.75, 3.05) is 33.2 Å². The lowest BCUT2D eigenvalue weighted by Crippen LogP contribution is -2.42. The van der Waals surface area contributed by atoms with Crippen molar-refractivity contribution in [1.82, 2.24) is 20.1 Å². The molecule has 1 N–H and O–H groups in total. The van der Waals surface area contributed by atoms with Gasteiger partial charge in [0.05, 0.1) is 17.2 Å². The van der Waals surface area contributed by atoms with Gasteiger partial charge in [0.2, 0.25) is 0 Å². The lowest BCUT2D eigenvalue weighted by atomic mass is 9.97. The first-order valence-corrected chi connectivity index (χ1v) is 10.0. The van der Waals surface area contributed by atoms with Gasteiger partial charge in [-0.2, -0.15) is 0 Å². The van der Waals surface area contributed by atoms with Gasteiger partial charge < -0.3 is 15.1 Å². The minimum atomic E-state index is 0. The molecule has 0 saturated carbocycles. The summed E-state index contributed by atoms with van der Waals surface area (Å²) in [6.45, 7) is 13.8. The summed E-state index contributed by atoms with van der Waals surface area (Å²) < 4.78 is 0. The molecule has 0 aromatic carbocycles. The molecule has 25 heavy (non-hydrogen) atoms. The van der Waals surface area contributed by atoms with Crippen LogP contribution in [-0.2, 0) is 6.54 Å². The second-order valence-corrected chi connectivity index (χ2v) is 8.07. The van der Waals surface area contributed by atoms with Gasteiger partial charge in [-0.15, -0.1) is 35.3 Å². The van der Waals surface area contributed by atoms with Gasteiger partial charge in [0.25, 0.3) is 0 Å². The predicted octanol–water partition coefficient (Wildman–Crippen LogP) is 3.59. The summed E-state index contributed by atoms with van der Waals surface area (Å²) in [4.78, 5) is 14.2. The molecule has 1 aromatic rings. The van der Waals surface area contributed by atoms with E-state index in [1.807, 2.05) is 0 Å². The SMILES string of the molecule is CCNC(=NCC1CCCN(C(C)C)C1)N(C)Cc1csc(C)n1.I. The Morgan fingerprint density at radius 3 is 2.88 bits per heavy atom. The summed E-state index contributed by atoms with van der Waals surface area (Å²) in [5.41, 5.74) is 1.12. The number of nitrogens with one attached hydrogen (secondary N) is 1. The van der Waals surface area contributed by atoms with Crippen LogP contribution in [0.4, 0.5) is 0 Å². The second kappa shape index (κ2) is 11.3. The number of nitrogens with zero attached hydrogens (tertiary/aromatic N) is 4. The quantitative estimate of drug-likeness (QED) is 0.385. The highest BCUT2D eigenvalue weighted by molar-refractivity contribution is 14.0. The van der Waals surface area contributed by atoms with Gasteiger partial charge in [-0.25, -0.2) is 4.98 Å². The van der Waals surface area contributed by atoms with Crippen LogP contribution in [0.5, 0.6) is 0 Å². The zero-order chi connectivity index (χ0) is 17.5. The lowest BCUT2D eigenvalue weighted by Gasteiger charge is -2.35. The van der Waals surface area contributed by atoms with Gasteiger partial charge in [0.15, 0.2) is 5.96 Å². The summed E-state index contributed by atoms with van der Waals surface area (Å²) in [6.07, 6.45) is 2.59. The Morgan fingerprint density at radius 1 is 1.52 bits per heavy atom. The highest BCUT2D eigenvalue weighted by atomic mass is 127. The van der Waals surface area contributed by atoms with Crippen molar-refractivity contribution in [2.24, 2.45) is 10.9 Å². The van der Waals surface area contributed by atoms with E-state index in [1.54, 1.807) is 11.3 Å². The van der Waals surface area contributed by atoms with Crippen LogP contribution < -0.4 is 5.32 Å². The molecular formula is C18H34IN5S. The zero-order valence-electron chi connectivity index (χ0n) is 16.3. The molecule has 1 unspecified atom stereocenters. The molecular weight excluding hydrogens is 445 g/mol. The van der Waals surface area contributed by atoms with Gasteiger partial charge in [-0.05, 0) is 53.0 Å². The molecule has 1 aliphatic heterocycles. The topological polar surface area (TPSA) is 43.8 Å². The van der Waals surface area contributed by atoms with E-state index in [-0.39, 0.29) is 24.0 Å². The van der Waals surface area contributed by atoms with E-state index in [2.05, 4.69) is 60.2 Å². The Hall–Kier alpha value is -0.410. The Bertz CT molecular complexity index is 531. The number of likely N-dealkylation sites (tertiary alicyclic amines) is 1. The molecule has 7 heteroatoms. The van der Waals surface area contributed by atoms with Gasteiger partial charge in [0, 0.05) is 38.1 Å². The maximum absolute atomic E-state index is 4.91. The molecule has 1 saturated heterocycles. The number of aromatic nitrogens is 1. The fourth-order valence-corrected chi connectivity index (χ4v) is 3.80. The Kier molecular flexibility index (Phi) is 10.3. The number of piperidine rings is 1. The summed E-state index contributed by atoms with van der Waals surface area (Å²) in [6, 6.07) is 0.639. The molecule has 1 atom stereocenters. The number of guanidine groups is 1. The van der Waals surface area contributed by atoms with Crippen molar-refractivity contribution in [1.29, 1.82) is 0 Å². The zero-order valence-corrected chi connectivity index (χ0v) is 19.4. The van der Waals surface area contributed by atoms with Gasteiger partial charge >= 0.3 is 0 Å². The first-order valence-electron chi connectivity index (χ1n) is 9.14. The van der Waals surface area contributed by atoms with Crippen LogP contribution in [0.1, 0.15) is 44.3 Å². The van der Waals surface area contributed by atoms with E-state index in [0.717, 1.165) is 36.3 Å². The van der Waals surface area contributed by atoms with E-state index < -0.39 is 0 Å². The molecule has 5 nitrogen and oxygen atoms in total. The first kappa shape index (κ1) is 22.6. The monoisotopic (exact) mass is 479 g/mol. The molecule has 0 radical (unpaired) electrons. The number of aliphatic imine (C=N–C) groups is 1. The number of halogens is 1. The highest BCUT2D eigenvalue weighted by Gasteiger charge is 2.21. The molecule has 1 aliphatic rings. The number of aryl methyl sites for hydroxylation is 1. The van der Waals surface area contributed by atoms with Crippen LogP contribution >= 0.6 is 35.3 Å². The fourth-order valence-electron chi connectivity index (χ4n) is 3.20. The molecule has 0 amide bonds. The van der Waals surface area contributed by atoms with Crippen molar-refractivity contribution >= 4 is 41.3 Å². The number of hydrogen-bond donors (Lipinski definition) is 1. The third-order valence-corrected chi connectivity index (χ3v) is 5.36. The summed E-state index contributed by atoms with van der Waals surface area (Å²) in [7, 11) is 2.09.